The lowest BCUT2D eigenvalue weighted by Gasteiger charge is -2.21. The predicted octanol–water partition coefficient (Wildman–Crippen LogP) is 5.71. The van der Waals surface area contributed by atoms with Crippen molar-refractivity contribution in [2.75, 3.05) is 0 Å². The van der Waals surface area contributed by atoms with E-state index in [0.717, 1.165) is 17.8 Å². The van der Waals surface area contributed by atoms with Gasteiger partial charge in [0.15, 0.2) is 0 Å². The van der Waals surface area contributed by atoms with Crippen LogP contribution in [0.2, 0.25) is 0 Å². The molecule has 0 aliphatic carbocycles. The lowest BCUT2D eigenvalue weighted by Crippen LogP contribution is -2.13. The number of para-hydroxylation sites is 1. The first-order valence-electron chi connectivity index (χ1n) is 7.28. The van der Waals surface area contributed by atoms with Crippen molar-refractivity contribution in [1.82, 2.24) is 9.55 Å². The van der Waals surface area contributed by atoms with E-state index in [9.17, 15) is 0 Å². The van der Waals surface area contributed by atoms with E-state index < -0.39 is 0 Å². The zero-order chi connectivity index (χ0) is 15.0. The van der Waals surface area contributed by atoms with Crippen molar-refractivity contribution in [3.05, 3.63) is 52.0 Å². The number of hydrogen-bond acceptors (Lipinski definition) is 2. The van der Waals surface area contributed by atoms with Crippen molar-refractivity contribution in [3.63, 3.8) is 0 Å². The Morgan fingerprint density at radius 3 is 2.71 bits per heavy atom. The van der Waals surface area contributed by atoms with Gasteiger partial charge in [-0.25, -0.2) is 4.98 Å². The molecule has 2 unspecified atom stereocenters. The van der Waals surface area contributed by atoms with E-state index in [2.05, 4.69) is 54.1 Å². The van der Waals surface area contributed by atoms with E-state index in [1.54, 1.807) is 11.3 Å². The molecule has 2 atom stereocenters. The van der Waals surface area contributed by atoms with Gasteiger partial charge >= 0.3 is 0 Å². The van der Waals surface area contributed by atoms with E-state index in [1.807, 2.05) is 6.92 Å². The number of halogens is 1. The summed E-state index contributed by atoms with van der Waals surface area (Å²) in [5, 5.41) is 2.03. The zero-order valence-electron chi connectivity index (χ0n) is 12.5. The molecule has 0 aliphatic heterocycles. The SMILES string of the molecule is CCC(c1cccs1)n1c(C(C)Cl)nc2cccc(C)c21. The summed E-state index contributed by atoms with van der Waals surface area (Å²) in [6.45, 7) is 6.36. The van der Waals surface area contributed by atoms with Gasteiger partial charge in [0, 0.05) is 4.88 Å². The smallest absolute Gasteiger partial charge is 0.128 e. The average Bonchev–Trinajstić information content (AvgIpc) is 3.09. The molecule has 3 aromatic rings. The summed E-state index contributed by atoms with van der Waals surface area (Å²) in [5.41, 5.74) is 3.49. The quantitative estimate of drug-likeness (QED) is 0.564. The van der Waals surface area contributed by atoms with E-state index in [-0.39, 0.29) is 5.38 Å². The maximum atomic E-state index is 6.41. The van der Waals surface area contributed by atoms with Crippen LogP contribution in [-0.4, -0.2) is 9.55 Å². The normalized spacial score (nSPS) is 14.5. The number of thiophene rings is 1. The maximum Gasteiger partial charge on any atom is 0.128 e. The van der Waals surface area contributed by atoms with Crippen LogP contribution in [-0.2, 0) is 0 Å². The van der Waals surface area contributed by atoms with Gasteiger partial charge in [-0.15, -0.1) is 22.9 Å². The molecule has 110 valence electrons. The van der Waals surface area contributed by atoms with Crippen molar-refractivity contribution in [3.8, 4) is 0 Å². The van der Waals surface area contributed by atoms with Gasteiger partial charge in [-0.2, -0.15) is 0 Å². The molecule has 1 aromatic carbocycles. The summed E-state index contributed by atoms with van der Waals surface area (Å²) < 4.78 is 2.34. The van der Waals surface area contributed by atoms with Crippen molar-refractivity contribution in [2.24, 2.45) is 0 Å². The molecule has 2 nitrogen and oxygen atoms in total. The lowest BCUT2D eigenvalue weighted by molar-refractivity contribution is 0.563. The molecule has 0 amide bonds. The lowest BCUT2D eigenvalue weighted by atomic mass is 10.1. The van der Waals surface area contributed by atoms with Gasteiger partial charge in [0.25, 0.3) is 0 Å². The number of aromatic nitrogens is 2. The molecule has 21 heavy (non-hydrogen) atoms. The molecular weight excluding hydrogens is 300 g/mol. The van der Waals surface area contributed by atoms with E-state index in [0.29, 0.717) is 6.04 Å². The van der Waals surface area contributed by atoms with Crippen LogP contribution in [0.25, 0.3) is 11.0 Å². The first-order chi connectivity index (χ1) is 10.1. The van der Waals surface area contributed by atoms with Crippen LogP contribution in [0, 0.1) is 6.92 Å². The highest BCUT2D eigenvalue weighted by atomic mass is 35.5. The Balaban J connectivity index is 2.30. The minimum absolute atomic E-state index is 0.106. The van der Waals surface area contributed by atoms with E-state index in [4.69, 9.17) is 16.6 Å². The summed E-state index contributed by atoms with van der Waals surface area (Å²) in [5.74, 6) is 0.959. The van der Waals surface area contributed by atoms with Gasteiger partial charge in [-0.1, -0.05) is 25.1 Å². The van der Waals surface area contributed by atoms with E-state index in [1.165, 1.54) is 16.0 Å². The number of hydrogen-bond donors (Lipinski definition) is 0. The molecule has 0 saturated carbocycles. The third-order valence-corrected chi connectivity index (χ3v) is 5.03. The molecule has 0 radical (unpaired) electrons. The van der Waals surface area contributed by atoms with Crippen molar-refractivity contribution in [1.29, 1.82) is 0 Å². The Labute approximate surface area is 134 Å². The second-order valence-corrected chi connectivity index (χ2v) is 6.97. The molecular formula is C17H19ClN2S. The van der Waals surface area contributed by atoms with Crippen molar-refractivity contribution in [2.45, 2.75) is 38.6 Å². The Bertz CT molecular complexity index is 744. The summed E-state index contributed by atoms with van der Waals surface area (Å²) in [4.78, 5) is 6.15. The summed E-state index contributed by atoms with van der Waals surface area (Å²) >= 11 is 8.21. The van der Waals surface area contributed by atoms with Crippen LogP contribution in [0.1, 0.15) is 48.0 Å². The minimum Gasteiger partial charge on any atom is -0.318 e. The zero-order valence-corrected chi connectivity index (χ0v) is 14.1. The maximum absolute atomic E-state index is 6.41. The van der Waals surface area contributed by atoms with Crippen LogP contribution in [0.3, 0.4) is 0 Å². The van der Waals surface area contributed by atoms with Gasteiger partial charge in [0.1, 0.15) is 5.82 Å². The first kappa shape index (κ1) is 14.6. The summed E-state index contributed by atoms with van der Waals surface area (Å²) in [6, 6.07) is 10.9. The molecule has 2 aromatic heterocycles. The Hall–Kier alpha value is -1.32. The van der Waals surface area contributed by atoms with Gasteiger partial charge in [-0.05, 0) is 43.3 Å². The summed E-state index contributed by atoms with van der Waals surface area (Å²) in [6.07, 6.45) is 1.02. The molecule has 0 fully saturated rings. The number of imidazole rings is 1. The fourth-order valence-electron chi connectivity index (χ4n) is 2.93. The van der Waals surface area contributed by atoms with Crippen molar-refractivity contribution < 1.29 is 0 Å². The van der Waals surface area contributed by atoms with Crippen LogP contribution >= 0.6 is 22.9 Å². The molecule has 3 rings (SSSR count). The molecule has 0 bridgehead atoms. The second kappa shape index (κ2) is 5.82. The Morgan fingerprint density at radius 1 is 1.29 bits per heavy atom. The fourth-order valence-corrected chi connectivity index (χ4v) is 3.98. The first-order valence-corrected chi connectivity index (χ1v) is 8.60. The van der Waals surface area contributed by atoms with Crippen LogP contribution in [0.15, 0.2) is 35.7 Å². The second-order valence-electron chi connectivity index (χ2n) is 5.34. The highest BCUT2D eigenvalue weighted by molar-refractivity contribution is 7.10. The topological polar surface area (TPSA) is 17.8 Å². The highest BCUT2D eigenvalue weighted by Gasteiger charge is 2.23. The predicted molar refractivity (Wildman–Crippen MR) is 91.5 cm³/mol. The Morgan fingerprint density at radius 2 is 2.10 bits per heavy atom. The monoisotopic (exact) mass is 318 g/mol. The Kier molecular flexibility index (Phi) is 4.05. The molecule has 0 N–H and O–H groups in total. The third kappa shape index (κ3) is 2.49. The number of benzene rings is 1. The van der Waals surface area contributed by atoms with Crippen LogP contribution < -0.4 is 0 Å². The highest BCUT2D eigenvalue weighted by Crippen LogP contribution is 2.35. The number of alkyl halides is 1. The van der Waals surface area contributed by atoms with E-state index >= 15 is 0 Å². The van der Waals surface area contributed by atoms with Crippen LogP contribution in [0.4, 0.5) is 0 Å². The molecule has 0 aliphatic rings. The molecule has 4 heteroatoms. The third-order valence-electron chi connectivity index (χ3n) is 3.86. The number of rotatable bonds is 4. The standard InChI is InChI=1S/C17H19ClN2S/c1-4-14(15-9-6-10-21-15)20-16-11(2)7-5-8-13(16)19-17(20)12(3)18/h5-10,12,14H,4H2,1-3H3. The molecule has 0 spiro atoms. The number of aryl methyl sites for hydroxylation is 1. The largest absolute Gasteiger partial charge is 0.318 e. The average molecular weight is 319 g/mol. The van der Waals surface area contributed by atoms with Gasteiger partial charge in [-0.3, -0.25) is 0 Å². The minimum atomic E-state index is -0.106. The molecule has 2 heterocycles. The van der Waals surface area contributed by atoms with Gasteiger partial charge in [0.2, 0.25) is 0 Å². The number of fused-ring (bicyclic) bond motifs is 1. The number of nitrogens with zero attached hydrogens (tertiary/aromatic N) is 2. The molecule has 0 saturated heterocycles. The van der Waals surface area contributed by atoms with Gasteiger partial charge < -0.3 is 4.57 Å². The summed E-state index contributed by atoms with van der Waals surface area (Å²) in [7, 11) is 0. The van der Waals surface area contributed by atoms with Crippen LogP contribution in [0.5, 0.6) is 0 Å². The van der Waals surface area contributed by atoms with Gasteiger partial charge in [0.05, 0.1) is 22.5 Å². The fraction of sp³-hybridized carbons (Fsp3) is 0.353. The van der Waals surface area contributed by atoms with Crippen molar-refractivity contribution >= 4 is 34.0 Å².